The molecule has 0 amide bonds. The highest BCUT2D eigenvalue weighted by Crippen LogP contribution is 2.43. The molecule has 126 valence electrons. The molecule has 3 heteroatoms. The summed E-state index contributed by atoms with van der Waals surface area (Å²) >= 11 is 3.60. The number of ether oxygens (including phenoxy) is 1. The predicted molar refractivity (Wildman–Crippen MR) is 109 cm³/mol. The van der Waals surface area contributed by atoms with E-state index in [9.17, 15) is 0 Å². The Morgan fingerprint density at radius 1 is 0.846 bits per heavy atom. The standard InChI is InChI=1S/C23H16BrNO/c24-16-10-11-21-19(12-16)20(14-25-21)18-13-23(15-6-2-1-3-7-15)26-22-9-5-4-8-17(18)22/h1-14,18,25H. The first kappa shape index (κ1) is 15.5. The van der Waals surface area contributed by atoms with E-state index >= 15 is 0 Å². The van der Waals surface area contributed by atoms with Crippen LogP contribution in [-0.2, 0) is 0 Å². The van der Waals surface area contributed by atoms with Gasteiger partial charge in [-0.15, -0.1) is 0 Å². The molecular weight excluding hydrogens is 386 g/mol. The van der Waals surface area contributed by atoms with Crippen molar-refractivity contribution < 1.29 is 4.74 Å². The van der Waals surface area contributed by atoms with Crippen LogP contribution < -0.4 is 4.74 Å². The van der Waals surface area contributed by atoms with E-state index in [0.29, 0.717) is 0 Å². The molecule has 0 aliphatic carbocycles. The number of para-hydroxylation sites is 1. The van der Waals surface area contributed by atoms with Gasteiger partial charge in [0.15, 0.2) is 0 Å². The molecule has 0 saturated heterocycles. The Balaban J connectivity index is 1.72. The van der Waals surface area contributed by atoms with Crippen LogP contribution in [0, 0.1) is 0 Å². The highest BCUT2D eigenvalue weighted by atomic mass is 79.9. The van der Waals surface area contributed by atoms with E-state index in [2.05, 4.69) is 75.7 Å². The molecule has 1 aliphatic rings. The third-order valence-corrected chi connectivity index (χ3v) is 5.35. The van der Waals surface area contributed by atoms with Crippen molar-refractivity contribution in [2.75, 3.05) is 0 Å². The fourth-order valence-corrected chi connectivity index (χ4v) is 3.97. The van der Waals surface area contributed by atoms with Crippen LogP contribution >= 0.6 is 15.9 Å². The van der Waals surface area contributed by atoms with E-state index in [1.54, 1.807) is 0 Å². The number of hydrogen-bond acceptors (Lipinski definition) is 1. The summed E-state index contributed by atoms with van der Waals surface area (Å²) in [6, 6.07) is 24.9. The Morgan fingerprint density at radius 2 is 1.65 bits per heavy atom. The van der Waals surface area contributed by atoms with Crippen molar-refractivity contribution in [2.24, 2.45) is 0 Å². The summed E-state index contributed by atoms with van der Waals surface area (Å²) in [5, 5.41) is 1.23. The second-order valence-electron chi connectivity index (χ2n) is 6.45. The van der Waals surface area contributed by atoms with E-state index in [1.807, 2.05) is 30.3 Å². The van der Waals surface area contributed by atoms with Crippen molar-refractivity contribution in [3.05, 3.63) is 106 Å². The zero-order chi connectivity index (χ0) is 17.5. The van der Waals surface area contributed by atoms with Crippen LogP contribution in [-0.4, -0.2) is 4.98 Å². The molecule has 2 heterocycles. The number of fused-ring (bicyclic) bond motifs is 2. The number of aromatic amines is 1. The predicted octanol–water partition coefficient (Wildman–Crippen LogP) is 6.50. The first-order chi connectivity index (χ1) is 12.8. The number of allylic oxidation sites excluding steroid dienone is 1. The first-order valence-corrected chi connectivity index (χ1v) is 9.39. The zero-order valence-electron chi connectivity index (χ0n) is 13.9. The molecule has 4 aromatic rings. The van der Waals surface area contributed by atoms with Gasteiger partial charge in [-0.2, -0.15) is 0 Å². The van der Waals surface area contributed by atoms with E-state index in [-0.39, 0.29) is 5.92 Å². The van der Waals surface area contributed by atoms with Gasteiger partial charge in [0.25, 0.3) is 0 Å². The lowest BCUT2D eigenvalue weighted by atomic mass is 9.87. The lowest BCUT2D eigenvalue weighted by Gasteiger charge is -2.25. The fraction of sp³-hybridized carbons (Fsp3) is 0.0435. The van der Waals surface area contributed by atoms with Gasteiger partial charge in [-0.3, -0.25) is 0 Å². The van der Waals surface area contributed by atoms with Crippen molar-refractivity contribution >= 4 is 32.6 Å². The van der Waals surface area contributed by atoms with Crippen LogP contribution in [0.25, 0.3) is 16.7 Å². The lowest BCUT2D eigenvalue weighted by molar-refractivity contribution is 0.493. The Kier molecular flexibility index (Phi) is 3.68. The molecule has 0 radical (unpaired) electrons. The maximum atomic E-state index is 6.22. The normalized spacial score (nSPS) is 16.0. The van der Waals surface area contributed by atoms with Crippen molar-refractivity contribution in [1.29, 1.82) is 0 Å². The summed E-state index contributed by atoms with van der Waals surface area (Å²) in [7, 11) is 0. The fourth-order valence-electron chi connectivity index (χ4n) is 3.61. The second-order valence-corrected chi connectivity index (χ2v) is 7.36. The monoisotopic (exact) mass is 401 g/mol. The van der Waals surface area contributed by atoms with Crippen molar-refractivity contribution in [3.63, 3.8) is 0 Å². The third kappa shape index (κ3) is 2.56. The number of hydrogen-bond donors (Lipinski definition) is 1. The number of aromatic nitrogens is 1. The molecule has 26 heavy (non-hydrogen) atoms. The largest absolute Gasteiger partial charge is 0.457 e. The second kappa shape index (κ2) is 6.19. The highest BCUT2D eigenvalue weighted by Gasteiger charge is 2.25. The van der Waals surface area contributed by atoms with Gasteiger partial charge in [0, 0.05) is 38.6 Å². The zero-order valence-corrected chi connectivity index (χ0v) is 15.5. The van der Waals surface area contributed by atoms with E-state index in [4.69, 9.17) is 4.74 Å². The third-order valence-electron chi connectivity index (χ3n) is 4.86. The highest BCUT2D eigenvalue weighted by molar-refractivity contribution is 9.10. The van der Waals surface area contributed by atoms with E-state index in [0.717, 1.165) is 27.1 Å². The number of nitrogens with one attached hydrogen (secondary N) is 1. The smallest absolute Gasteiger partial charge is 0.131 e. The summed E-state index contributed by atoms with van der Waals surface area (Å²) < 4.78 is 7.31. The van der Waals surface area contributed by atoms with Gasteiger partial charge in [-0.05, 0) is 35.9 Å². The minimum Gasteiger partial charge on any atom is -0.457 e. The van der Waals surface area contributed by atoms with Crippen LogP contribution in [0.1, 0.15) is 22.6 Å². The van der Waals surface area contributed by atoms with Gasteiger partial charge in [-0.25, -0.2) is 0 Å². The molecule has 5 rings (SSSR count). The Bertz CT molecular complexity index is 1130. The van der Waals surface area contributed by atoms with Crippen molar-refractivity contribution in [3.8, 4) is 5.75 Å². The first-order valence-electron chi connectivity index (χ1n) is 8.60. The van der Waals surface area contributed by atoms with Gasteiger partial charge >= 0.3 is 0 Å². The number of halogens is 1. The van der Waals surface area contributed by atoms with Crippen molar-refractivity contribution in [1.82, 2.24) is 4.98 Å². The Hall–Kier alpha value is -2.78. The maximum absolute atomic E-state index is 6.22. The Morgan fingerprint density at radius 3 is 2.54 bits per heavy atom. The summed E-state index contributed by atoms with van der Waals surface area (Å²) in [6.07, 6.45) is 4.34. The van der Waals surface area contributed by atoms with E-state index in [1.165, 1.54) is 16.5 Å². The average molecular weight is 402 g/mol. The number of benzene rings is 3. The summed E-state index contributed by atoms with van der Waals surface area (Å²) in [5.41, 5.74) is 4.67. The van der Waals surface area contributed by atoms with Crippen LogP contribution in [0.15, 0.2) is 89.5 Å². The van der Waals surface area contributed by atoms with Crippen LogP contribution in [0.4, 0.5) is 0 Å². The summed E-state index contributed by atoms with van der Waals surface area (Å²) in [4.78, 5) is 3.41. The van der Waals surface area contributed by atoms with Crippen LogP contribution in [0.5, 0.6) is 5.75 Å². The number of H-pyrrole nitrogens is 1. The van der Waals surface area contributed by atoms with Crippen LogP contribution in [0.3, 0.4) is 0 Å². The molecule has 3 aromatic carbocycles. The number of rotatable bonds is 2. The molecule has 0 fully saturated rings. The molecule has 2 nitrogen and oxygen atoms in total. The molecule has 0 bridgehead atoms. The van der Waals surface area contributed by atoms with Crippen LogP contribution in [0.2, 0.25) is 0 Å². The topological polar surface area (TPSA) is 25.0 Å². The minimum atomic E-state index is 0.137. The molecule has 1 N–H and O–H groups in total. The van der Waals surface area contributed by atoms with E-state index < -0.39 is 0 Å². The van der Waals surface area contributed by atoms with Gasteiger partial charge in [0.1, 0.15) is 11.5 Å². The van der Waals surface area contributed by atoms with Gasteiger partial charge in [0.05, 0.1) is 0 Å². The summed E-state index contributed by atoms with van der Waals surface area (Å²) in [5.74, 6) is 1.96. The van der Waals surface area contributed by atoms with Gasteiger partial charge in [0.2, 0.25) is 0 Å². The SMILES string of the molecule is Brc1ccc2[nH]cc(C3C=C(c4ccccc4)Oc4ccccc43)c2c1. The quantitative estimate of drug-likeness (QED) is 0.407. The molecular formula is C23H16BrNO. The average Bonchev–Trinajstić information content (AvgIpc) is 3.10. The molecule has 1 atom stereocenters. The molecule has 1 aliphatic heterocycles. The minimum absolute atomic E-state index is 0.137. The van der Waals surface area contributed by atoms with Gasteiger partial charge in [-0.1, -0.05) is 64.5 Å². The van der Waals surface area contributed by atoms with Crippen molar-refractivity contribution in [2.45, 2.75) is 5.92 Å². The molecule has 1 aromatic heterocycles. The maximum Gasteiger partial charge on any atom is 0.131 e. The molecule has 0 saturated carbocycles. The molecule has 1 unspecified atom stereocenters. The lowest BCUT2D eigenvalue weighted by Crippen LogP contribution is -2.10. The molecule has 0 spiro atoms. The Labute approximate surface area is 160 Å². The summed E-state index contributed by atoms with van der Waals surface area (Å²) in [6.45, 7) is 0. The van der Waals surface area contributed by atoms with Gasteiger partial charge < -0.3 is 9.72 Å².